The second kappa shape index (κ2) is 6.16. The van der Waals surface area contributed by atoms with Crippen molar-refractivity contribution in [1.29, 1.82) is 0 Å². The van der Waals surface area contributed by atoms with Crippen LogP contribution in [0.15, 0.2) is 37.3 Å². The van der Waals surface area contributed by atoms with Gasteiger partial charge in [0.25, 0.3) is 5.91 Å². The molecule has 4 aromatic heterocycles. The Kier molecular flexibility index (Phi) is 3.80. The van der Waals surface area contributed by atoms with Crippen LogP contribution in [0.1, 0.15) is 15.9 Å². The number of hydrogen-bond donors (Lipinski definition) is 2. The van der Waals surface area contributed by atoms with E-state index in [0.717, 1.165) is 33.7 Å². The molecule has 0 radical (unpaired) electrons. The Labute approximate surface area is 152 Å². The molecule has 1 amide bonds. The predicted octanol–water partition coefficient (Wildman–Crippen LogP) is 1.81. The highest BCUT2D eigenvalue weighted by Gasteiger charge is 2.22. The molecule has 0 aliphatic heterocycles. The Balaban J connectivity index is 1.78. The molecule has 0 unspecified atom stereocenters. The van der Waals surface area contributed by atoms with Gasteiger partial charge in [0.05, 0.1) is 42.5 Å². The predicted molar refractivity (Wildman–Crippen MR) is 96.5 cm³/mol. The van der Waals surface area contributed by atoms with Gasteiger partial charge in [-0.3, -0.25) is 9.78 Å². The number of carbonyl (C=O) groups is 1. The van der Waals surface area contributed by atoms with Crippen molar-refractivity contribution >= 4 is 23.1 Å². The summed E-state index contributed by atoms with van der Waals surface area (Å²) in [6.45, 7) is 1.89. The summed E-state index contributed by atoms with van der Waals surface area (Å²) in [6.07, 6.45) is 8.72. The van der Waals surface area contributed by atoms with Crippen molar-refractivity contribution in [2.45, 2.75) is 6.92 Å². The number of amides is 1. The molecule has 0 bridgehead atoms. The summed E-state index contributed by atoms with van der Waals surface area (Å²) in [5.41, 5.74) is 9.04. The highest BCUT2D eigenvalue weighted by Crippen LogP contribution is 2.31. The third-order valence-corrected chi connectivity index (χ3v) is 4.15. The average Bonchev–Trinajstić information content (AvgIpc) is 3.17. The average molecular weight is 366 g/mol. The molecule has 3 N–H and O–H groups in total. The van der Waals surface area contributed by atoms with Crippen molar-refractivity contribution in [3.8, 4) is 11.3 Å². The number of pyridine rings is 1. The zero-order valence-corrected chi connectivity index (χ0v) is 14.5. The maximum Gasteiger partial charge on any atom is 0.263 e. The van der Waals surface area contributed by atoms with Gasteiger partial charge in [-0.2, -0.15) is 0 Å². The Morgan fingerprint density at radius 1 is 1.22 bits per heavy atom. The van der Waals surface area contributed by atoms with Crippen LogP contribution in [-0.4, -0.2) is 35.0 Å². The van der Waals surface area contributed by atoms with Crippen LogP contribution in [0.2, 0.25) is 0 Å². The monoisotopic (exact) mass is 366 g/mol. The third-order valence-electron chi connectivity index (χ3n) is 4.15. The van der Waals surface area contributed by atoms with Crippen molar-refractivity contribution in [1.82, 2.24) is 29.1 Å². The number of aromatic nitrogens is 6. The van der Waals surface area contributed by atoms with Crippen LogP contribution >= 0.6 is 0 Å². The van der Waals surface area contributed by atoms with Crippen LogP contribution in [0.4, 0.5) is 15.9 Å². The summed E-state index contributed by atoms with van der Waals surface area (Å²) in [5.74, 6) is -1.15. The third kappa shape index (κ3) is 2.76. The Bertz CT molecular complexity index is 1180. The minimum Gasteiger partial charge on any atom is -0.381 e. The fourth-order valence-electron chi connectivity index (χ4n) is 2.93. The van der Waals surface area contributed by atoms with Gasteiger partial charge in [0.2, 0.25) is 0 Å². The highest BCUT2D eigenvalue weighted by molar-refractivity contribution is 6.12. The first-order valence-corrected chi connectivity index (χ1v) is 7.97. The van der Waals surface area contributed by atoms with Crippen molar-refractivity contribution in [3.63, 3.8) is 0 Å². The molecule has 0 saturated heterocycles. The van der Waals surface area contributed by atoms with Crippen molar-refractivity contribution in [2.75, 3.05) is 11.1 Å². The summed E-state index contributed by atoms with van der Waals surface area (Å²) in [4.78, 5) is 25.1. The minimum absolute atomic E-state index is 0.0479. The normalized spacial score (nSPS) is 11.1. The molecule has 0 aromatic carbocycles. The number of aryl methyl sites for hydroxylation is 2. The molecule has 0 atom stereocenters. The van der Waals surface area contributed by atoms with E-state index in [4.69, 9.17) is 5.73 Å². The molecule has 0 fully saturated rings. The maximum absolute atomic E-state index is 13.3. The van der Waals surface area contributed by atoms with Crippen LogP contribution in [0, 0.1) is 12.7 Å². The summed E-state index contributed by atoms with van der Waals surface area (Å²) < 4.78 is 16.3. The molecule has 136 valence electrons. The van der Waals surface area contributed by atoms with Gasteiger partial charge in [-0.25, -0.2) is 18.9 Å². The fourth-order valence-corrected chi connectivity index (χ4v) is 2.93. The van der Waals surface area contributed by atoms with Crippen molar-refractivity contribution in [2.24, 2.45) is 7.05 Å². The lowest BCUT2D eigenvalue weighted by Crippen LogP contribution is -2.15. The zero-order chi connectivity index (χ0) is 19.1. The molecular formula is C17H15FN8O. The van der Waals surface area contributed by atoms with Crippen LogP contribution in [0.3, 0.4) is 0 Å². The molecule has 9 nitrogen and oxygen atoms in total. The van der Waals surface area contributed by atoms with E-state index in [1.165, 1.54) is 0 Å². The molecule has 4 aromatic rings. The molecule has 10 heteroatoms. The number of imidazole rings is 1. The fraction of sp³-hybridized carbons (Fsp3) is 0.118. The molecule has 27 heavy (non-hydrogen) atoms. The van der Waals surface area contributed by atoms with Gasteiger partial charge in [0.1, 0.15) is 5.56 Å². The lowest BCUT2D eigenvalue weighted by atomic mass is 10.1. The van der Waals surface area contributed by atoms with Gasteiger partial charge in [-0.15, -0.1) is 5.10 Å². The second-order valence-electron chi connectivity index (χ2n) is 6.02. The summed E-state index contributed by atoms with van der Waals surface area (Å²) in [7, 11) is 1.86. The van der Waals surface area contributed by atoms with E-state index < -0.39 is 11.7 Å². The lowest BCUT2D eigenvalue weighted by Gasteiger charge is -2.13. The molecular weight excluding hydrogens is 351 g/mol. The first-order valence-electron chi connectivity index (χ1n) is 7.97. The Hall–Kier alpha value is -3.82. The lowest BCUT2D eigenvalue weighted by molar-refractivity contribution is 0.102. The number of nitrogens with one attached hydrogen (secondary N) is 1. The van der Waals surface area contributed by atoms with Gasteiger partial charge < -0.3 is 15.6 Å². The highest BCUT2D eigenvalue weighted by atomic mass is 19.1. The van der Waals surface area contributed by atoms with Crippen LogP contribution in [-0.2, 0) is 7.05 Å². The maximum atomic E-state index is 13.3. The van der Waals surface area contributed by atoms with Gasteiger partial charge in [-0.1, -0.05) is 0 Å². The summed E-state index contributed by atoms with van der Waals surface area (Å²) in [5, 5.41) is 6.75. The summed E-state index contributed by atoms with van der Waals surface area (Å²) >= 11 is 0. The van der Waals surface area contributed by atoms with E-state index in [1.807, 2.05) is 18.5 Å². The Morgan fingerprint density at radius 2 is 2.04 bits per heavy atom. The number of nitrogens with two attached hydrogens (primary N) is 1. The number of nitrogens with zero attached hydrogens (tertiary/aromatic N) is 6. The summed E-state index contributed by atoms with van der Waals surface area (Å²) in [6, 6.07) is 0. The first kappa shape index (κ1) is 16.6. The van der Waals surface area contributed by atoms with E-state index in [1.54, 1.807) is 24.9 Å². The smallest absolute Gasteiger partial charge is 0.263 e. The number of fused-ring (bicyclic) bond motifs is 1. The molecule has 0 spiro atoms. The van der Waals surface area contributed by atoms with Crippen molar-refractivity contribution in [3.05, 3.63) is 54.3 Å². The number of hydrogen-bond acceptors (Lipinski definition) is 6. The quantitative estimate of drug-likeness (QED) is 0.571. The van der Waals surface area contributed by atoms with Crippen LogP contribution in [0.5, 0.6) is 0 Å². The minimum atomic E-state index is -0.585. The van der Waals surface area contributed by atoms with Gasteiger partial charge >= 0.3 is 0 Å². The topological polar surface area (TPSA) is 116 Å². The number of carbonyl (C=O) groups excluding carboxylic acids is 1. The van der Waals surface area contributed by atoms with E-state index in [2.05, 4.69) is 25.4 Å². The number of nitrogen functional groups attached to an aromatic ring is 1. The van der Waals surface area contributed by atoms with E-state index in [0.29, 0.717) is 5.69 Å². The molecule has 0 aliphatic carbocycles. The van der Waals surface area contributed by atoms with Gasteiger partial charge in [0.15, 0.2) is 17.3 Å². The van der Waals surface area contributed by atoms with E-state index >= 15 is 0 Å². The molecule has 0 aliphatic rings. The SMILES string of the molecule is Cc1cncc(NC(=O)c2c(N)nn3cc(F)cnc23)c1-c1cncn1C. The van der Waals surface area contributed by atoms with Crippen LogP contribution in [0.25, 0.3) is 16.9 Å². The first-order chi connectivity index (χ1) is 13.0. The number of anilines is 2. The van der Waals surface area contributed by atoms with E-state index in [9.17, 15) is 9.18 Å². The molecule has 4 rings (SSSR count). The standard InChI is InChI=1S/C17H15FN8O/c1-9-3-20-5-11(13(9)12-6-21-8-25(12)2)23-17(27)14-15(19)24-26-7-10(18)4-22-16(14)26/h3-8H,1-2H3,(H2,19,24)(H,23,27). The van der Waals surface area contributed by atoms with Crippen LogP contribution < -0.4 is 11.1 Å². The Morgan fingerprint density at radius 3 is 2.78 bits per heavy atom. The molecule has 0 saturated carbocycles. The zero-order valence-electron chi connectivity index (χ0n) is 14.5. The number of halogens is 1. The van der Waals surface area contributed by atoms with Crippen molar-refractivity contribution < 1.29 is 9.18 Å². The second-order valence-corrected chi connectivity index (χ2v) is 6.02. The molecule has 4 heterocycles. The van der Waals surface area contributed by atoms with E-state index in [-0.39, 0.29) is 17.0 Å². The number of rotatable bonds is 3. The van der Waals surface area contributed by atoms with Gasteiger partial charge in [0, 0.05) is 18.8 Å². The van der Waals surface area contributed by atoms with Gasteiger partial charge in [-0.05, 0) is 12.5 Å². The largest absolute Gasteiger partial charge is 0.381 e.